The van der Waals surface area contributed by atoms with E-state index in [1.54, 1.807) is 23.9 Å². The summed E-state index contributed by atoms with van der Waals surface area (Å²) in [6.07, 6.45) is 3.04. The van der Waals surface area contributed by atoms with E-state index in [-0.39, 0.29) is 5.56 Å². The molecule has 0 saturated heterocycles. The number of nitrogens with one attached hydrogen (secondary N) is 3. The molecule has 130 valence electrons. The van der Waals surface area contributed by atoms with Gasteiger partial charge in [-0.2, -0.15) is 0 Å². The molecule has 0 fully saturated rings. The number of pyridine rings is 1. The number of fused-ring (bicyclic) bond motifs is 1. The fourth-order valence-electron chi connectivity index (χ4n) is 3.00. The second-order valence-corrected chi connectivity index (χ2v) is 6.26. The van der Waals surface area contributed by atoms with E-state index < -0.39 is 6.17 Å². The number of hydrogen-bond donors (Lipinski definition) is 3. The lowest BCUT2D eigenvalue weighted by Crippen LogP contribution is -2.82. The summed E-state index contributed by atoms with van der Waals surface area (Å²) in [5.41, 5.74) is 3.49. The summed E-state index contributed by atoms with van der Waals surface area (Å²) in [5, 5.41) is 6.49. The molecule has 3 heterocycles. The van der Waals surface area contributed by atoms with Crippen LogP contribution in [-0.4, -0.2) is 20.5 Å². The van der Waals surface area contributed by atoms with E-state index in [1.165, 1.54) is 6.07 Å². The largest absolute Gasteiger partial charge is 0.357 e. The Kier molecular flexibility index (Phi) is 3.96. The minimum atomic E-state index is -0.409. The molecule has 26 heavy (non-hydrogen) atoms. The van der Waals surface area contributed by atoms with Crippen LogP contribution in [0.15, 0.2) is 59.7 Å². The number of anilines is 2. The fourth-order valence-corrected chi connectivity index (χ4v) is 3.00. The van der Waals surface area contributed by atoms with Gasteiger partial charge < -0.3 is 0 Å². The van der Waals surface area contributed by atoms with Crippen LogP contribution in [0.1, 0.15) is 23.0 Å². The Bertz CT molecular complexity index is 1040. The second kappa shape index (κ2) is 6.44. The van der Waals surface area contributed by atoms with Gasteiger partial charge in [0.25, 0.3) is 11.5 Å². The minimum Gasteiger partial charge on any atom is -0.269 e. The first-order valence-electron chi connectivity index (χ1n) is 8.34. The molecule has 0 radical (unpaired) electrons. The molecular weight excluding hydrogens is 328 g/mol. The molecule has 1 aliphatic rings. The lowest BCUT2D eigenvalue weighted by Gasteiger charge is -2.22. The van der Waals surface area contributed by atoms with Crippen molar-refractivity contribution in [3.8, 4) is 0 Å². The summed E-state index contributed by atoms with van der Waals surface area (Å²) in [6.45, 7) is 3.84. The average Bonchev–Trinajstić information content (AvgIpc) is 2.61. The van der Waals surface area contributed by atoms with Crippen LogP contribution in [0.2, 0.25) is 0 Å². The van der Waals surface area contributed by atoms with E-state index in [4.69, 9.17) is 0 Å². The molecule has 3 aromatic rings. The molecule has 7 heteroatoms. The summed E-state index contributed by atoms with van der Waals surface area (Å²) in [6, 6.07) is 13.3. The predicted molar refractivity (Wildman–Crippen MR) is 100 cm³/mol. The van der Waals surface area contributed by atoms with Gasteiger partial charge in [-0.1, -0.05) is 18.2 Å². The molecule has 0 bridgehead atoms. The van der Waals surface area contributed by atoms with Gasteiger partial charge in [0, 0.05) is 29.7 Å². The third kappa shape index (κ3) is 3.06. The molecule has 2 aromatic heterocycles. The third-order valence-corrected chi connectivity index (χ3v) is 4.14. The Morgan fingerprint density at radius 1 is 1.19 bits per heavy atom. The highest BCUT2D eigenvalue weighted by Crippen LogP contribution is 2.16. The smallest absolute Gasteiger partial charge is 0.269 e. The van der Waals surface area contributed by atoms with Crippen LogP contribution in [0.4, 0.5) is 11.6 Å². The van der Waals surface area contributed by atoms with Crippen molar-refractivity contribution in [3.05, 3.63) is 82.0 Å². The molecule has 4 rings (SSSR count). The Balaban J connectivity index is 1.79. The summed E-state index contributed by atoms with van der Waals surface area (Å²) in [7, 11) is 0. The van der Waals surface area contributed by atoms with Gasteiger partial charge in [0.2, 0.25) is 0 Å². The highest BCUT2D eigenvalue weighted by atomic mass is 16.1. The van der Waals surface area contributed by atoms with Gasteiger partial charge in [-0.25, -0.2) is 20.2 Å². The van der Waals surface area contributed by atoms with Gasteiger partial charge in [0.05, 0.1) is 5.69 Å². The molecule has 1 unspecified atom stereocenters. The molecule has 3 N–H and O–H groups in total. The van der Waals surface area contributed by atoms with E-state index in [9.17, 15) is 4.79 Å². The van der Waals surface area contributed by atoms with Crippen molar-refractivity contribution in [1.29, 1.82) is 0 Å². The topological polar surface area (TPSA) is 85.8 Å². The second-order valence-electron chi connectivity index (χ2n) is 6.26. The normalized spacial score (nSPS) is 15.6. The van der Waals surface area contributed by atoms with Gasteiger partial charge in [-0.15, -0.1) is 0 Å². The fraction of sp³-hybridized carbons (Fsp3) is 0.158. The molecular formula is C19H19N6O+. The van der Waals surface area contributed by atoms with Gasteiger partial charge in [-0.3, -0.25) is 14.8 Å². The van der Waals surface area contributed by atoms with Crippen LogP contribution in [0, 0.1) is 13.8 Å². The molecule has 7 nitrogen and oxygen atoms in total. The van der Waals surface area contributed by atoms with Crippen LogP contribution >= 0.6 is 0 Å². The molecule has 0 spiro atoms. The Morgan fingerprint density at radius 3 is 2.85 bits per heavy atom. The maximum atomic E-state index is 12.6. The number of guanidine groups is 1. The van der Waals surface area contributed by atoms with Crippen LogP contribution in [0.5, 0.6) is 0 Å². The average molecular weight is 347 g/mol. The standard InChI is InChI=1S/C19H18N6O/c1-12-5-3-7-15(9-12)22-18-23-17(14-6-4-8-20-11-14)25-16(26)10-13(2)21-19(25)24-18/h3-11,17H,1-2H3,(H2,21,22,23,24)/p+1. The monoisotopic (exact) mass is 347 g/mol. The zero-order chi connectivity index (χ0) is 18.1. The minimum absolute atomic E-state index is 0.129. The third-order valence-electron chi connectivity index (χ3n) is 4.14. The van der Waals surface area contributed by atoms with E-state index >= 15 is 0 Å². The van der Waals surface area contributed by atoms with Crippen molar-refractivity contribution in [3.63, 3.8) is 0 Å². The maximum Gasteiger partial charge on any atom is 0.357 e. The van der Waals surface area contributed by atoms with Gasteiger partial charge in [0.15, 0.2) is 6.17 Å². The first-order chi connectivity index (χ1) is 12.6. The lowest BCUT2D eigenvalue weighted by molar-refractivity contribution is -0.520. The van der Waals surface area contributed by atoms with Gasteiger partial charge in [-0.05, 0) is 37.6 Å². The highest BCUT2D eigenvalue weighted by Gasteiger charge is 2.29. The van der Waals surface area contributed by atoms with Crippen molar-refractivity contribution in [2.45, 2.75) is 20.0 Å². The van der Waals surface area contributed by atoms with Crippen molar-refractivity contribution >= 4 is 17.6 Å². The predicted octanol–water partition coefficient (Wildman–Crippen LogP) is 0.776. The van der Waals surface area contributed by atoms with E-state index in [0.717, 1.165) is 16.8 Å². The SMILES string of the molecule is Cc1cccc(NC2=[NH+]C(c3cccnc3)n3c(nc(C)cc3=O)N2)c1. The maximum absolute atomic E-state index is 12.6. The molecule has 1 aliphatic heterocycles. The van der Waals surface area contributed by atoms with Crippen LogP contribution < -0.4 is 21.2 Å². The Morgan fingerprint density at radius 2 is 2.08 bits per heavy atom. The summed E-state index contributed by atoms with van der Waals surface area (Å²) in [4.78, 5) is 24.6. The van der Waals surface area contributed by atoms with Crippen molar-refractivity contribution in [2.24, 2.45) is 0 Å². The highest BCUT2D eigenvalue weighted by molar-refractivity contribution is 5.99. The van der Waals surface area contributed by atoms with Gasteiger partial charge in [0.1, 0.15) is 0 Å². The molecule has 0 amide bonds. The Hall–Kier alpha value is -3.48. The van der Waals surface area contributed by atoms with E-state index in [2.05, 4.69) is 25.6 Å². The van der Waals surface area contributed by atoms with Gasteiger partial charge >= 0.3 is 5.96 Å². The van der Waals surface area contributed by atoms with E-state index in [0.29, 0.717) is 17.6 Å². The van der Waals surface area contributed by atoms with Crippen molar-refractivity contribution < 1.29 is 4.99 Å². The molecule has 1 atom stereocenters. The zero-order valence-corrected chi connectivity index (χ0v) is 14.5. The first kappa shape index (κ1) is 16.0. The van der Waals surface area contributed by atoms with Crippen LogP contribution in [-0.2, 0) is 0 Å². The summed E-state index contributed by atoms with van der Waals surface area (Å²) < 4.78 is 1.59. The van der Waals surface area contributed by atoms with Crippen LogP contribution in [0.25, 0.3) is 0 Å². The summed E-state index contributed by atoms with van der Waals surface area (Å²) >= 11 is 0. The number of aromatic nitrogens is 3. The Labute approximate surface area is 150 Å². The molecule has 1 aromatic carbocycles. The molecule has 0 aliphatic carbocycles. The number of rotatable bonds is 2. The first-order valence-corrected chi connectivity index (χ1v) is 8.34. The van der Waals surface area contributed by atoms with E-state index in [1.807, 2.05) is 43.3 Å². The van der Waals surface area contributed by atoms with Crippen molar-refractivity contribution in [1.82, 2.24) is 14.5 Å². The zero-order valence-electron chi connectivity index (χ0n) is 14.5. The number of hydrogen-bond acceptors (Lipinski definition) is 5. The summed E-state index contributed by atoms with van der Waals surface area (Å²) in [5.74, 6) is 1.14. The lowest BCUT2D eigenvalue weighted by atomic mass is 10.2. The number of nitrogens with zero attached hydrogens (tertiary/aromatic N) is 3. The molecule has 0 saturated carbocycles. The number of aryl methyl sites for hydroxylation is 2. The quantitative estimate of drug-likeness (QED) is 0.638. The van der Waals surface area contributed by atoms with Crippen molar-refractivity contribution in [2.75, 3.05) is 10.6 Å². The van der Waals surface area contributed by atoms with Crippen LogP contribution in [0.3, 0.4) is 0 Å². The number of benzene rings is 1.